The molecule has 0 aliphatic heterocycles. The first-order valence-corrected chi connectivity index (χ1v) is 8.29. The number of furan rings is 1. The van der Waals surface area contributed by atoms with Crippen molar-refractivity contribution < 1.29 is 19.1 Å². The van der Waals surface area contributed by atoms with Gasteiger partial charge in [0.25, 0.3) is 5.91 Å². The summed E-state index contributed by atoms with van der Waals surface area (Å²) >= 11 is 0. The van der Waals surface area contributed by atoms with Gasteiger partial charge in [0.15, 0.2) is 5.76 Å². The first-order chi connectivity index (χ1) is 11.9. The first kappa shape index (κ1) is 17.2. The number of nitrogens with one attached hydrogen (secondary N) is 2. The second-order valence-electron chi connectivity index (χ2n) is 6.59. The van der Waals surface area contributed by atoms with E-state index in [9.17, 15) is 14.7 Å². The summed E-state index contributed by atoms with van der Waals surface area (Å²) in [6.07, 6.45) is 1.24. The van der Waals surface area contributed by atoms with Crippen LogP contribution in [0.1, 0.15) is 47.2 Å². The molecule has 1 aromatic heterocycles. The second kappa shape index (κ2) is 6.72. The minimum absolute atomic E-state index is 0.0312. The van der Waals surface area contributed by atoms with Gasteiger partial charge in [0.05, 0.1) is 5.54 Å². The van der Waals surface area contributed by atoms with E-state index in [0.29, 0.717) is 24.2 Å². The van der Waals surface area contributed by atoms with E-state index in [1.807, 2.05) is 30.3 Å². The zero-order chi connectivity index (χ0) is 18.0. The number of aryl methyl sites for hydroxylation is 1. The summed E-state index contributed by atoms with van der Waals surface area (Å²) in [5, 5.41) is 15.2. The van der Waals surface area contributed by atoms with Crippen molar-refractivity contribution in [2.45, 2.75) is 44.9 Å². The molecule has 0 spiro atoms. The summed E-state index contributed by atoms with van der Waals surface area (Å²) in [4.78, 5) is 24.0. The van der Waals surface area contributed by atoms with Gasteiger partial charge in [-0.3, -0.25) is 9.59 Å². The van der Waals surface area contributed by atoms with Crippen molar-refractivity contribution >= 4 is 11.8 Å². The van der Waals surface area contributed by atoms with Crippen LogP contribution in [-0.2, 0) is 16.9 Å². The molecule has 132 valence electrons. The van der Waals surface area contributed by atoms with Crippen LogP contribution in [0.5, 0.6) is 0 Å². The molecule has 3 N–H and O–H groups in total. The highest BCUT2D eigenvalue weighted by atomic mass is 16.4. The van der Waals surface area contributed by atoms with Crippen LogP contribution in [0, 0.1) is 6.92 Å². The van der Waals surface area contributed by atoms with Crippen LogP contribution >= 0.6 is 0 Å². The smallest absolute Gasteiger partial charge is 0.287 e. The third-order valence-corrected chi connectivity index (χ3v) is 4.61. The van der Waals surface area contributed by atoms with Crippen molar-refractivity contribution in [3.8, 4) is 0 Å². The Balaban J connectivity index is 1.82. The van der Waals surface area contributed by atoms with E-state index in [1.54, 1.807) is 13.0 Å². The second-order valence-corrected chi connectivity index (χ2v) is 6.59. The van der Waals surface area contributed by atoms with Crippen LogP contribution in [0.2, 0.25) is 0 Å². The lowest BCUT2D eigenvalue weighted by Crippen LogP contribution is -2.61. The molecule has 1 fully saturated rings. The molecule has 6 nitrogen and oxygen atoms in total. The SMILES string of the molecule is CC(=O)NC1CC(NC(=O)c2oc(CO)cc2C)(c2ccccc2)C1. The van der Waals surface area contributed by atoms with Gasteiger partial charge in [-0.1, -0.05) is 30.3 Å². The molecule has 0 atom stereocenters. The topological polar surface area (TPSA) is 91.6 Å². The number of aliphatic hydroxyl groups excluding tert-OH is 1. The van der Waals surface area contributed by atoms with Crippen LogP contribution in [0.4, 0.5) is 0 Å². The summed E-state index contributed by atoms with van der Waals surface area (Å²) in [6.45, 7) is 3.01. The Hall–Kier alpha value is -2.60. The van der Waals surface area contributed by atoms with Gasteiger partial charge >= 0.3 is 0 Å². The number of hydrogen-bond donors (Lipinski definition) is 3. The summed E-state index contributed by atoms with van der Waals surface area (Å²) in [5.74, 6) is 0.179. The van der Waals surface area contributed by atoms with Crippen molar-refractivity contribution in [2.24, 2.45) is 0 Å². The van der Waals surface area contributed by atoms with E-state index in [0.717, 1.165) is 5.56 Å². The standard InChI is InChI=1S/C19H22N2O4/c1-12-8-16(11-22)25-17(12)18(24)21-19(14-6-4-3-5-7-14)9-15(10-19)20-13(2)23/h3-8,15,22H,9-11H2,1-2H3,(H,20,23)(H,21,24). The first-order valence-electron chi connectivity index (χ1n) is 8.29. The van der Waals surface area contributed by atoms with E-state index in [2.05, 4.69) is 10.6 Å². The summed E-state index contributed by atoms with van der Waals surface area (Å²) in [7, 11) is 0. The number of benzene rings is 1. The monoisotopic (exact) mass is 342 g/mol. The lowest BCUT2D eigenvalue weighted by Gasteiger charge is -2.48. The molecule has 0 unspecified atom stereocenters. The Morgan fingerprint density at radius 1 is 1.28 bits per heavy atom. The number of aliphatic hydroxyl groups is 1. The highest BCUT2D eigenvalue weighted by Gasteiger charge is 2.47. The van der Waals surface area contributed by atoms with Crippen LogP contribution in [0.3, 0.4) is 0 Å². The zero-order valence-corrected chi connectivity index (χ0v) is 14.3. The molecular weight excluding hydrogens is 320 g/mol. The van der Waals surface area contributed by atoms with Gasteiger partial charge in [0, 0.05) is 18.5 Å². The molecule has 6 heteroatoms. The Morgan fingerprint density at radius 2 is 1.96 bits per heavy atom. The van der Waals surface area contributed by atoms with Gasteiger partial charge in [-0.2, -0.15) is 0 Å². The van der Waals surface area contributed by atoms with E-state index in [-0.39, 0.29) is 30.2 Å². The van der Waals surface area contributed by atoms with Gasteiger partial charge in [0.2, 0.25) is 5.91 Å². The number of carbonyl (C=O) groups excluding carboxylic acids is 2. The van der Waals surface area contributed by atoms with Gasteiger partial charge < -0.3 is 20.2 Å². The van der Waals surface area contributed by atoms with Crippen molar-refractivity contribution in [1.82, 2.24) is 10.6 Å². The Kier molecular flexibility index (Phi) is 4.63. The Bertz CT molecular complexity index is 776. The number of amides is 2. The fourth-order valence-corrected chi connectivity index (χ4v) is 3.46. The van der Waals surface area contributed by atoms with Gasteiger partial charge in [-0.15, -0.1) is 0 Å². The highest BCUT2D eigenvalue weighted by molar-refractivity contribution is 5.93. The maximum atomic E-state index is 12.7. The van der Waals surface area contributed by atoms with Crippen LogP contribution in [0.15, 0.2) is 40.8 Å². The molecule has 1 aromatic carbocycles. The fraction of sp³-hybridized carbons (Fsp3) is 0.368. The summed E-state index contributed by atoms with van der Waals surface area (Å²) in [6, 6.07) is 11.4. The largest absolute Gasteiger partial charge is 0.453 e. The maximum absolute atomic E-state index is 12.7. The van der Waals surface area contributed by atoms with Gasteiger partial charge in [0.1, 0.15) is 12.4 Å². The summed E-state index contributed by atoms with van der Waals surface area (Å²) in [5.41, 5.74) is 1.14. The number of carbonyl (C=O) groups is 2. The Morgan fingerprint density at radius 3 is 2.52 bits per heavy atom. The van der Waals surface area contributed by atoms with Crippen LogP contribution in [0.25, 0.3) is 0 Å². The van der Waals surface area contributed by atoms with E-state index >= 15 is 0 Å². The minimum Gasteiger partial charge on any atom is -0.453 e. The number of rotatable bonds is 5. The quantitative estimate of drug-likeness (QED) is 0.775. The third-order valence-electron chi connectivity index (χ3n) is 4.61. The zero-order valence-electron chi connectivity index (χ0n) is 14.3. The van der Waals surface area contributed by atoms with Crippen molar-refractivity contribution in [3.05, 3.63) is 59.0 Å². The molecule has 1 saturated carbocycles. The third kappa shape index (κ3) is 3.44. The average Bonchev–Trinajstić information content (AvgIpc) is 2.94. The van der Waals surface area contributed by atoms with Gasteiger partial charge in [-0.05, 0) is 31.4 Å². The predicted octanol–water partition coefficient (Wildman–Crippen LogP) is 2.00. The molecule has 0 saturated heterocycles. The van der Waals surface area contributed by atoms with E-state index < -0.39 is 5.54 Å². The molecule has 25 heavy (non-hydrogen) atoms. The number of hydrogen-bond acceptors (Lipinski definition) is 4. The predicted molar refractivity (Wildman–Crippen MR) is 91.8 cm³/mol. The highest BCUT2D eigenvalue weighted by Crippen LogP contribution is 2.42. The van der Waals surface area contributed by atoms with Crippen LogP contribution < -0.4 is 10.6 Å². The average molecular weight is 342 g/mol. The molecule has 0 radical (unpaired) electrons. The molecule has 0 bridgehead atoms. The molecule has 1 aliphatic carbocycles. The molecule has 1 heterocycles. The van der Waals surface area contributed by atoms with Crippen LogP contribution in [-0.4, -0.2) is 23.0 Å². The lowest BCUT2D eigenvalue weighted by atomic mass is 9.68. The Labute approximate surface area is 146 Å². The van der Waals surface area contributed by atoms with E-state index in [1.165, 1.54) is 6.92 Å². The fourth-order valence-electron chi connectivity index (χ4n) is 3.46. The van der Waals surface area contributed by atoms with Crippen molar-refractivity contribution in [2.75, 3.05) is 0 Å². The molecule has 3 rings (SSSR count). The normalized spacial score (nSPS) is 22.1. The maximum Gasteiger partial charge on any atom is 0.287 e. The summed E-state index contributed by atoms with van der Waals surface area (Å²) < 4.78 is 5.44. The molecule has 1 aliphatic rings. The molecule has 2 amide bonds. The van der Waals surface area contributed by atoms with E-state index in [4.69, 9.17) is 4.42 Å². The van der Waals surface area contributed by atoms with Crippen molar-refractivity contribution in [3.63, 3.8) is 0 Å². The van der Waals surface area contributed by atoms with Crippen molar-refractivity contribution in [1.29, 1.82) is 0 Å². The molecular formula is C19H22N2O4. The van der Waals surface area contributed by atoms with Gasteiger partial charge in [-0.25, -0.2) is 0 Å². The molecule has 2 aromatic rings. The minimum atomic E-state index is -0.538. The lowest BCUT2D eigenvalue weighted by molar-refractivity contribution is -0.120.